The maximum Gasteiger partial charge on any atom is 0.315 e. The molecule has 1 unspecified atom stereocenters. The molecule has 0 saturated heterocycles. The lowest BCUT2D eigenvalue weighted by Crippen LogP contribution is -2.42. The van der Waals surface area contributed by atoms with Crippen molar-refractivity contribution in [3.05, 3.63) is 35.9 Å². The van der Waals surface area contributed by atoms with Crippen molar-refractivity contribution in [2.75, 3.05) is 0 Å². The standard InChI is InChI=1S/C13H18N2O3/c1-2-11(8-12(16)17)15-13(18)14-9-10-6-4-3-5-7-10/h3-7,11H,2,8-9H2,1H3,(H,16,17)(H2,14,15,18). The quantitative estimate of drug-likeness (QED) is 0.719. The van der Waals surface area contributed by atoms with Crippen molar-refractivity contribution in [2.45, 2.75) is 32.4 Å². The predicted octanol–water partition coefficient (Wildman–Crippen LogP) is 1.74. The smallest absolute Gasteiger partial charge is 0.315 e. The Labute approximate surface area is 106 Å². The summed E-state index contributed by atoms with van der Waals surface area (Å²) in [5.74, 6) is -0.912. The molecule has 1 aromatic carbocycles. The van der Waals surface area contributed by atoms with Crippen molar-refractivity contribution < 1.29 is 14.7 Å². The predicted molar refractivity (Wildman–Crippen MR) is 68.1 cm³/mol. The molecule has 0 spiro atoms. The van der Waals surface area contributed by atoms with Gasteiger partial charge in [-0.1, -0.05) is 37.3 Å². The first-order valence-corrected chi connectivity index (χ1v) is 5.92. The number of carboxylic acid groups (broad SMARTS) is 1. The molecule has 98 valence electrons. The summed E-state index contributed by atoms with van der Waals surface area (Å²) in [6, 6.07) is 8.85. The summed E-state index contributed by atoms with van der Waals surface area (Å²) in [4.78, 5) is 22.1. The SMILES string of the molecule is CCC(CC(=O)O)NC(=O)NCc1ccccc1. The maximum absolute atomic E-state index is 11.6. The van der Waals surface area contributed by atoms with E-state index in [-0.39, 0.29) is 18.5 Å². The number of benzene rings is 1. The Morgan fingerprint density at radius 2 is 1.94 bits per heavy atom. The van der Waals surface area contributed by atoms with Gasteiger partial charge in [-0.05, 0) is 12.0 Å². The molecule has 0 aromatic heterocycles. The zero-order chi connectivity index (χ0) is 13.4. The van der Waals surface area contributed by atoms with Gasteiger partial charge in [-0.25, -0.2) is 4.79 Å². The Morgan fingerprint density at radius 3 is 2.50 bits per heavy atom. The van der Waals surface area contributed by atoms with Gasteiger partial charge in [0.1, 0.15) is 0 Å². The van der Waals surface area contributed by atoms with E-state index in [0.29, 0.717) is 13.0 Å². The lowest BCUT2D eigenvalue weighted by Gasteiger charge is -2.15. The molecule has 1 rings (SSSR count). The van der Waals surface area contributed by atoms with E-state index in [1.165, 1.54) is 0 Å². The van der Waals surface area contributed by atoms with Gasteiger partial charge in [0.2, 0.25) is 0 Å². The number of urea groups is 1. The van der Waals surface area contributed by atoms with E-state index in [4.69, 9.17) is 5.11 Å². The van der Waals surface area contributed by atoms with Gasteiger partial charge in [-0.15, -0.1) is 0 Å². The van der Waals surface area contributed by atoms with Crippen molar-refractivity contribution in [3.8, 4) is 0 Å². The second-order valence-electron chi connectivity index (χ2n) is 4.02. The van der Waals surface area contributed by atoms with E-state index >= 15 is 0 Å². The number of hydrogen-bond acceptors (Lipinski definition) is 2. The normalized spacial score (nSPS) is 11.6. The zero-order valence-electron chi connectivity index (χ0n) is 10.3. The van der Waals surface area contributed by atoms with E-state index in [1.54, 1.807) is 0 Å². The van der Waals surface area contributed by atoms with E-state index in [2.05, 4.69) is 10.6 Å². The van der Waals surface area contributed by atoms with Crippen molar-refractivity contribution in [2.24, 2.45) is 0 Å². The van der Waals surface area contributed by atoms with E-state index < -0.39 is 5.97 Å². The molecule has 1 atom stereocenters. The van der Waals surface area contributed by atoms with Crippen LogP contribution in [0.3, 0.4) is 0 Å². The molecule has 1 aromatic rings. The minimum absolute atomic E-state index is 0.0603. The molecule has 0 heterocycles. The third-order valence-corrected chi connectivity index (χ3v) is 2.54. The first kappa shape index (κ1) is 14.0. The topological polar surface area (TPSA) is 78.4 Å². The first-order valence-electron chi connectivity index (χ1n) is 5.92. The van der Waals surface area contributed by atoms with Gasteiger partial charge in [-0.2, -0.15) is 0 Å². The summed E-state index contributed by atoms with van der Waals surface area (Å²) in [6.45, 7) is 2.27. The Morgan fingerprint density at radius 1 is 1.28 bits per heavy atom. The highest BCUT2D eigenvalue weighted by Gasteiger charge is 2.13. The molecule has 0 fully saturated rings. The lowest BCUT2D eigenvalue weighted by molar-refractivity contribution is -0.137. The molecule has 0 bridgehead atoms. The van der Waals surface area contributed by atoms with Crippen LogP contribution in [0.4, 0.5) is 4.79 Å². The Balaban J connectivity index is 2.34. The highest BCUT2D eigenvalue weighted by atomic mass is 16.4. The lowest BCUT2D eigenvalue weighted by atomic mass is 10.1. The molecule has 18 heavy (non-hydrogen) atoms. The molecule has 0 aliphatic rings. The fourth-order valence-electron chi connectivity index (χ4n) is 1.52. The number of rotatable bonds is 6. The summed E-state index contributed by atoms with van der Waals surface area (Å²) in [7, 11) is 0. The summed E-state index contributed by atoms with van der Waals surface area (Å²) in [5.41, 5.74) is 0.999. The molecule has 5 heteroatoms. The third-order valence-electron chi connectivity index (χ3n) is 2.54. The summed E-state index contributed by atoms with van der Waals surface area (Å²) >= 11 is 0. The van der Waals surface area contributed by atoms with Gasteiger partial charge in [0, 0.05) is 12.6 Å². The van der Waals surface area contributed by atoms with Crippen LogP contribution < -0.4 is 10.6 Å². The molecule has 5 nitrogen and oxygen atoms in total. The van der Waals surface area contributed by atoms with Crippen LogP contribution in [0.2, 0.25) is 0 Å². The summed E-state index contributed by atoms with van der Waals surface area (Å²) in [6.07, 6.45) is 0.528. The number of carboxylic acids is 1. The number of amides is 2. The molecule has 0 aliphatic carbocycles. The molecular weight excluding hydrogens is 232 g/mol. The maximum atomic E-state index is 11.6. The van der Waals surface area contributed by atoms with Crippen molar-refractivity contribution in [3.63, 3.8) is 0 Å². The second kappa shape index (κ2) is 7.32. The van der Waals surface area contributed by atoms with Gasteiger partial charge in [-0.3, -0.25) is 4.79 Å². The monoisotopic (exact) mass is 250 g/mol. The zero-order valence-corrected chi connectivity index (χ0v) is 10.3. The minimum atomic E-state index is -0.912. The first-order chi connectivity index (χ1) is 8.61. The van der Waals surface area contributed by atoms with Crippen LogP contribution in [-0.4, -0.2) is 23.1 Å². The molecule has 2 amide bonds. The van der Waals surface area contributed by atoms with Crippen LogP contribution in [0, 0.1) is 0 Å². The Hall–Kier alpha value is -2.04. The molecule has 3 N–H and O–H groups in total. The Kier molecular flexibility index (Phi) is 5.70. The van der Waals surface area contributed by atoms with Crippen LogP contribution in [0.15, 0.2) is 30.3 Å². The Bertz CT molecular complexity index is 392. The fourth-order valence-corrected chi connectivity index (χ4v) is 1.52. The van der Waals surface area contributed by atoms with Crippen molar-refractivity contribution in [1.82, 2.24) is 10.6 Å². The van der Waals surface area contributed by atoms with Crippen molar-refractivity contribution in [1.29, 1.82) is 0 Å². The van der Waals surface area contributed by atoms with Crippen molar-refractivity contribution >= 4 is 12.0 Å². The van der Waals surface area contributed by atoms with Gasteiger partial charge in [0.05, 0.1) is 6.42 Å². The van der Waals surface area contributed by atoms with Gasteiger partial charge >= 0.3 is 12.0 Å². The number of aliphatic carboxylic acids is 1. The van der Waals surface area contributed by atoms with E-state index in [9.17, 15) is 9.59 Å². The summed E-state index contributed by atoms with van der Waals surface area (Å²) in [5, 5.41) is 14.0. The number of carbonyl (C=O) groups is 2. The molecule has 0 saturated carbocycles. The third kappa shape index (κ3) is 5.34. The minimum Gasteiger partial charge on any atom is -0.481 e. The summed E-state index contributed by atoms with van der Waals surface area (Å²) < 4.78 is 0. The number of carbonyl (C=O) groups excluding carboxylic acids is 1. The molecule has 0 aliphatic heterocycles. The molecule has 0 radical (unpaired) electrons. The highest BCUT2D eigenvalue weighted by Crippen LogP contribution is 1.99. The second-order valence-corrected chi connectivity index (χ2v) is 4.02. The van der Waals surface area contributed by atoms with E-state index in [1.807, 2.05) is 37.3 Å². The van der Waals surface area contributed by atoms with Crippen LogP contribution in [-0.2, 0) is 11.3 Å². The van der Waals surface area contributed by atoms with Crippen LogP contribution >= 0.6 is 0 Å². The van der Waals surface area contributed by atoms with Crippen LogP contribution in [0.5, 0.6) is 0 Å². The van der Waals surface area contributed by atoms with Gasteiger partial charge in [0.25, 0.3) is 0 Å². The molecular formula is C13H18N2O3. The number of nitrogens with one attached hydrogen (secondary N) is 2. The number of hydrogen-bond donors (Lipinski definition) is 3. The van der Waals surface area contributed by atoms with E-state index in [0.717, 1.165) is 5.56 Å². The average molecular weight is 250 g/mol. The van der Waals surface area contributed by atoms with Gasteiger partial charge in [0.15, 0.2) is 0 Å². The van der Waals surface area contributed by atoms with Crippen LogP contribution in [0.25, 0.3) is 0 Å². The van der Waals surface area contributed by atoms with Gasteiger partial charge < -0.3 is 15.7 Å². The average Bonchev–Trinajstić information content (AvgIpc) is 2.36. The largest absolute Gasteiger partial charge is 0.481 e. The van der Waals surface area contributed by atoms with Crippen LogP contribution in [0.1, 0.15) is 25.3 Å². The highest BCUT2D eigenvalue weighted by molar-refractivity contribution is 5.75. The fraction of sp³-hybridized carbons (Fsp3) is 0.385.